The van der Waals surface area contributed by atoms with Crippen LogP contribution in [0.25, 0.3) is 0 Å². The van der Waals surface area contributed by atoms with E-state index < -0.39 is 0 Å². The van der Waals surface area contributed by atoms with Gasteiger partial charge in [0.2, 0.25) is 0 Å². The molecule has 21 heavy (non-hydrogen) atoms. The number of fused-ring (bicyclic) bond motifs is 2. The number of thiocarbonyl (C=S) groups is 1. The number of likely N-dealkylation sites (N-methyl/N-ethyl adjacent to an activating group) is 1. The first-order valence-electron chi connectivity index (χ1n) is 7.57. The summed E-state index contributed by atoms with van der Waals surface area (Å²) in [5, 5.41) is 0.767. The molecule has 3 rings (SSSR count). The van der Waals surface area contributed by atoms with Crippen LogP contribution in [0.1, 0.15) is 30.4 Å². The normalized spacial score (nSPS) is 26.8. The van der Waals surface area contributed by atoms with Crippen LogP contribution in [0.5, 0.6) is 0 Å². The molecule has 2 aliphatic heterocycles. The molecule has 0 aliphatic carbocycles. The number of benzene rings is 1. The topological polar surface area (TPSA) is 32.5 Å². The van der Waals surface area contributed by atoms with E-state index in [1.807, 2.05) is 12.1 Å². The van der Waals surface area contributed by atoms with E-state index in [9.17, 15) is 0 Å². The summed E-state index contributed by atoms with van der Waals surface area (Å²) in [7, 11) is 2.27. The van der Waals surface area contributed by atoms with Crippen molar-refractivity contribution in [3.8, 4) is 0 Å². The third kappa shape index (κ3) is 3.24. The minimum Gasteiger partial charge on any atom is -0.389 e. The lowest BCUT2D eigenvalue weighted by Crippen LogP contribution is -2.36. The molecule has 5 heteroatoms. The Kier molecular flexibility index (Phi) is 4.50. The van der Waals surface area contributed by atoms with Gasteiger partial charge in [0.1, 0.15) is 4.99 Å². The number of nitrogens with two attached hydrogens (primary N) is 1. The molecule has 1 aromatic rings. The molecule has 2 atom stereocenters. The second-order valence-electron chi connectivity index (χ2n) is 6.24. The van der Waals surface area contributed by atoms with E-state index in [0.29, 0.717) is 11.0 Å². The van der Waals surface area contributed by atoms with E-state index in [1.54, 1.807) is 0 Å². The zero-order valence-corrected chi connectivity index (χ0v) is 14.0. The Labute approximate surface area is 137 Å². The monoisotopic (exact) mass is 323 g/mol. The van der Waals surface area contributed by atoms with Gasteiger partial charge in [-0.05, 0) is 37.9 Å². The Bertz CT molecular complexity index is 548. The number of hydrogen-bond donors (Lipinski definition) is 1. The predicted octanol–water partition coefficient (Wildman–Crippen LogP) is 2.64. The van der Waals surface area contributed by atoms with Crippen molar-refractivity contribution < 1.29 is 0 Å². The fourth-order valence-electron chi connectivity index (χ4n) is 3.59. The average Bonchev–Trinajstić information content (AvgIpc) is 2.68. The molecule has 2 N–H and O–H groups in total. The first-order valence-corrected chi connectivity index (χ1v) is 8.35. The number of hydrogen-bond acceptors (Lipinski definition) is 3. The van der Waals surface area contributed by atoms with Crippen LogP contribution in [-0.2, 0) is 6.54 Å². The number of rotatable bonds is 3. The Morgan fingerprint density at radius 2 is 2.10 bits per heavy atom. The van der Waals surface area contributed by atoms with Crippen molar-refractivity contribution in [3.63, 3.8) is 0 Å². The maximum Gasteiger partial charge on any atom is 0.104 e. The average molecular weight is 324 g/mol. The maximum absolute atomic E-state index is 6.39. The van der Waals surface area contributed by atoms with Gasteiger partial charge in [-0.3, -0.25) is 9.80 Å². The van der Waals surface area contributed by atoms with Crippen molar-refractivity contribution in [1.29, 1.82) is 0 Å². The van der Waals surface area contributed by atoms with Gasteiger partial charge in [0, 0.05) is 42.3 Å². The molecule has 2 saturated heterocycles. The highest BCUT2D eigenvalue weighted by molar-refractivity contribution is 7.80. The zero-order chi connectivity index (χ0) is 15.0. The number of halogens is 1. The molecule has 2 aliphatic rings. The van der Waals surface area contributed by atoms with Gasteiger partial charge in [0.15, 0.2) is 0 Å². The smallest absolute Gasteiger partial charge is 0.104 e. The molecular weight excluding hydrogens is 302 g/mol. The molecule has 0 spiro atoms. The third-order valence-electron chi connectivity index (χ3n) is 4.96. The highest BCUT2D eigenvalue weighted by atomic mass is 35.5. The van der Waals surface area contributed by atoms with Crippen LogP contribution in [0.3, 0.4) is 0 Å². The Morgan fingerprint density at radius 3 is 2.81 bits per heavy atom. The summed E-state index contributed by atoms with van der Waals surface area (Å²) >= 11 is 11.4. The molecule has 3 nitrogen and oxygen atoms in total. The van der Waals surface area contributed by atoms with Crippen LogP contribution < -0.4 is 5.73 Å². The first-order chi connectivity index (χ1) is 10.0. The minimum atomic E-state index is 0.400. The van der Waals surface area contributed by atoms with Gasteiger partial charge in [-0.25, -0.2) is 0 Å². The van der Waals surface area contributed by atoms with Gasteiger partial charge in [0.25, 0.3) is 0 Å². The predicted molar refractivity (Wildman–Crippen MR) is 91.8 cm³/mol. The van der Waals surface area contributed by atoms with Gasteiger partial charge in [-0.15, -0.1) is 0 Å². The lowest BCUT2D eigenvalue weighted by atomic mass is 10.1. The third-order valence-corrected chi connectivity index (χ3v) is 5.55. The fraction of sp³-hybridized carbons (Fsp3) is 0.562. The molecule has 2 fully saturated rings. The molecular formula is C16H22ClN3S. The fourth-order valence-corrected chi connectivity index (χ4v) is 3.96. The van der Waals surface area contributed by atoms with E-state index in [2.05, 4.69) is 22.9 Å². The molecule has 0 radical (unpaired) electrons. The van der Waals surface area contributed by atoms with Crippen molar-refractivity contribution in [2.24, 2.45) is 5.73 Å². The Morgan fingerprint density at radius 1 is 1.33 bits per heavy atom. The van der Waals surface area contributed by atoms with Crippen LogP contribution in [0.15, 0.2) is 18.2 Å². The Balaban J connectivity index is 1.70. The summed E-state index contributed by atoms with van der Waals surface area (Å²) in [6.07, 6.45) is 3.94. The minimum absolute atomic E-state index is 0.400. The summed E-state index contributed by atoms with van der Waals surface area (Å²) in [5.74, 6) is 0. The number of likely N-dealkylation sites (tertiary alicyclic amines) is 1. The van der Waals surface area contributed by atoms with Crippen LogP contribution in [-0.4, -0.2) is 47.0 Å². The second-order valence-corrected chi connectivity index (χ2v) is 7.09. The maximum atomic E-state index is 6.39. The van der Waals surface area contributed by atoms with Crippen molar-refractivity contribution in [3.05, 3.63) is 34.3 Å². The highest BCUT2D eigenvalue weighted by Crippen LogP contribution is 2.29. The highest BCUT2D eigenvalue weighted by Gasteiger charge is 2.34. The molecule has 2 unspecified atom stereocenters. The summed E-state index contributed by atoms with van der Waals surface area (Å²) in [6.45, 7) is 3.20. The molecule has 0 amide bonds. The summed E-state index contributed by atoms with van der Waals surface area (Å²) < 4.78 is 0. The van der Waals surface area contributed by atoms with E-state index in [1.165, 1.54) is 19.3 Å². The lowest BCUT2D eigenvalue weighted by Gasteiger charge is -2.26. The molecule has 1 aromatic carbocycles. The Hall–Kier alpha value is -0.680. The van der Waals surface area contributed by atoms with E-state index >= 15 is 0 Å². The molecule has 0 aromatic heterocycles. The zero-order valence-electron chi connectivity index (χ0n) is 12.4. The van der Waals surface area contributed by atoms with E-state index in [4.69, 9.17) is 29.6 Å². The summed E-state index contributed by atoms with van der Waals surface area (Å²) in [6, 6.07) is 7.39. The SMILES string of the molecule is CN1C2CCC1CN(Cc1ccc(C(N)=S)cc1Cl)CC2. The first kappa shape index (κ1) is 15.2. The molecule has 0 saturated carbocycles. The summed E-state index contributed by atoms with van der Waals surface area (Å²) in [4.78, 5) is 5.50. The van der Waals surface area contributed by atoms with Crippen LogP contribution in [0, 0.1) is 0 Å². The van der Waals surface area contributed by atoms with Crippen LogP contribution >= 0.6 is 23.8 Å². The lowest BCUT2D eigenvalue weighted by molar-refractivity contribution is 0.214. The van der Waals surface area contributed by atoms with Gasteiger partial charge >= 0.3 is 0 Å². The molecule has 114 valence electrons. The van der Waals surface area contributed by atoms with E-state index in [0.717, 1.165) is 41.8 Å². The van der Waals surface area contributed by atoms with Gasteiger partial charge in [-0.2, -0.15) is 0 Å². The molecule has 2 bridgehead atoms. The standard InChI is InChI=1S/C16H22ClN3S/c1-19-13-4-5-14(19)10-20(7-6-13)9-12-3-2-11(16(18)21)8-15(12)17/h2-3,8,13-14H,4-7,9-10H2,1H3,(H2,18,21). The van der Waals surface area contributed by atoms with Gasteiger partial charge in [0.05, 0.1) is 0 Å². The van der Waals surface area contributed by atoms with Gasteiger partial charge in [-0.1, -0.05) is 36.0 Å². The van der Waals surface area contributed by atoms with E-state index in [-0.39, 0.29) is 0 Å². The number of nitrogens with zero attached hydrogens (tertiary/aromatic N) is 2. The van der Waals surface area contributed by atoms with Crippen molar-refractivity contribution in [2.45, 2.75) is 37.9 Å². The van der Waals surface area contributed by atoms with Gasteiger partial charge < -0.3 is 5.73 Å². The van der Waals surface area contributed by atoms with Crippen LogP contribution in [0.2, 0.25) is 5.02 Å². The van der Waals surface area contributed by atoms with Crippen molar-refractivity contribution in [1.82, 2.24) is 9.80 Å². The molecule has 2 heterocycles. The summed E-state index contributed by atoms with van der Waals surface area (Å²) in [5.41, 5.74) is 7.66. The quantitative estimate of drug-likeness (QED) is 0.867. The largest absolute Gasteiger partial charge is 0.389 e. The van der Waals surface area contributed by atoms with Crippen molar-refractivity contribution in [2.75, 3.05) is 20.1 Å². The van der Waals surface area contributed by atoms with Crippen molar-refractivity contribution >= 4 is 28.8 Å². The van der Waals surface area contributed by atoms with Crippen LogP contribution in [0.4, 0.5) is 0 Å². The second kappa shape index (κ2) is 6.21.